The van der Waals surface area contributed by atoms with E-state index < -0.39 is 0 Å². The Balaban J connectivity index is 1.28. The number of carbonyl (C=O) groups is 2. The minimum Gasteiger partial charge on any atom is -0.308 e. The Hall–Kier alpha value is -6.25. The van der Waals surface area contributed by atoms with Gasteiger partial charge in [0.15, 0.2) is 5.69 Å². The van der Waals surface area contributed by atoms with Crippen LogP contribution >= 0.6 is 0 Å². The molecule has 0 spiro atoms. The van der Waals surface area contributed by atoms with Crippen LogP contribution in [0.25, 0.3) is 54.6 Å². The number of benzene rings is 6. The van der Waals surface area contributed by atoms with Crippen molar-refractivity contribution in [3.8, 4) is 27.9 Å². The van der Waals surface area contributed by atoms with Crippen molar-refractivity contribution < 1.29 is 9.59 Å². The van der Waals surface area contributed by atoms with E-state index in [1.54, 1.807) is 6.07 Å². The molecule has 0 unspecified atom stereocenters. The van der Waals surface area contributed by atoms with Crippen LogP contribution in [-0.4, -0.2) is 16.4 Å². The number of anilines is 1. The van der Waals surface area contributed by atoms with Crippen LogP contribution in [0.15, 0.2) is 140 Å². The molecule has 1 aromatic heterocycles. The summed E-state index contributed by atoms with van der Waals surface area (Å²) in [5.74, 6) is -0.675. The number of fused-ring (bicyclic) bond motifs is 4. The lowest BCUT2D eigenvalue weighted by Gasteiger charge is -2.15. The van der Waals surface area contributed by atoms with Crippen LogP contribution < -0.4 is 4.90 Å². The maximum Gasteiger partial charge on any atom is 0.268 e. The number of rotatable bonds is 4. The van der Waals surface area contributed by atoms with Crippen molar-refractivity contribution in [2.24, 2.45) is 0 Å². The molecule has 1 aliphatic heterocycles. The molecule has 206 valence electrons. The van der Waals surface area contributed by atoms with Crippen molar-refractivity contribution in [3.63, 3.8) is 0 Å². The van der Waals surface area contributed by atoms with Gasteiger partial charge in [0.2, 0.25) is 0 Å². The van der Waals surface area contributed by atoms with Crippen molar-refractivity contribution in [3.05, 3.63) is 162 Å². The molecule has 8 rings (SSSR count). The number of carbonyl (C=O) groups excluding carboxylic acids is 2. The summed E-state index contributed by atoms with van der Waals surface area (Å²) < 4.78 is 2.09. The molecular weight excluding hydrogens is 542 g/mol. The van der Waals surface area contributed by atoms with Crippen LogP contribution in [0.3, 0.4) is 0 Å². The van der Waals surface area contributed by atoms with Crippen LogP contribution in [-0.2, 0) is 0 Å². The van der Waals surface area contributed by atoms with Crippen LogP contribution in [0.5, 0.6) is 0 Å². The molecule has 0 N–H and O–H groups in total. The first-order valence-corrected chi connectivity index (χ1v) is 14.3. The Morgan fingerprint density at radius 1 is 0.523 bits per heavy atom. The number of hydrogen-bond donors (Lipinski definition) is 0. The zero-order valence-electron chi connectivity index (χ0n) is 23.4. The fourth-order valence-electron chi connectivity index (χ4n) is 6.26. The summed E-state index contributed by atoms with van der Waals surface area (Å²) >= 11 is 0. The third kappa shape index (κ3) is 3.86. The Morgan fingerprint density at radius 3 is 1.93 bits per heavy atom. The molecule has 0 aliphatic carbocycles. The van der Waals surface area contributed by atoms with Gasteiger partial charge in [-0.05, 0) is 58.7 Å². The predicted octanol–water partition coefficient (Wildman–Crippen LogP) is 9.47. The summed E-state index contributed by atoms with van der Waals surface area (Å²) in [5.41, 5.74) is 8.50. The van der Waals surface area contributed by atoms with Crippen LogP contribution in [0, 0.1) is 6.57 Å². The molecule has 0 radical (unpaired) electrons. The van der Waals surface area contributed by atoms with Crippen molar-refractivity contribution in [1.29, 1.82) is 0 Å². The molecule has 0 bridgehead atoms. The average Bonchev–Trinajstić information content (AvgIpc) is 3.55. The fourth-order valence-corrected chi connectivity index (χ4v) is 6.26. The highest BCUT2D eigenvalue weighted by Crippen LogP contribution is 2.39. The molecule has 44 heavy (non-hydrogen) atoms. The summed E-state index contributed by atoms with van der Waals surface area (Å²) in [4.78, 5) is 32.7. The SMILES string of the molecule is [C-]#[N+]c1ccc(-c2ccc3c4ccccc4n(-c4cccc5c4C(=O)N(c4ccc(-c6ccccc6)cc4)C5=O)c3c2)cc1. The lowest BCUT2D eigenvalue weighted by molar-refractivity contribution is 0.0926. The lowest BCUT2D eigenvalue weighted by atomic mass is 10.0. The van der Waals surface area contributed by atoms with Gasteiger partial charge in [-0.15, -0.1) is 0 Å². The highest BCUT2D eigenvalue weighted by molar-refractivity contribution is 6.35. The highest BCUT2D eigenvalue weighted by atomic mass is 16.2. The third-order valence-electron chi connectivity index (χ3n) is 8.37. The van der Waals surface area contributed by atoms with Gasteiger partial charge in [-0.2, -0.15) is 0 Å². The Labute approximate surface area is 253 Å². The number of aromatic nitrogens is 1. The van der Waals surface area contributed by atoms with E-state index in [0.717, 1.165) is 44.1 Å². The monoisotopic (exact) mass is 565 g/mol. The molecule has 2 amide bonds. The van der Waals surface area contributed by atoms with E-state index in [2.05, 4.69) is 33.7 Å². The second-order valence-electron chi connectivity index (χ2n) is 10.8. The van der Waals surface area contributed by atoms with Gasteiger partial charge in [-0.1, -0.05) is 103 Å². The van der Waals surface area contributed by atoms with Crippen LogP contribution in [0.2, 0.25) is 0 Å². The van der Waals surface area contributed by atoms with E-state index in [9.17, 15) is 9.59 Å². The number of hydrogen-bond acceptors (Lipinski definition) is 2. The third-order valence-corrected chi connectivity index (χ3v) is 8.37. The Kier molecular flexibility index (Phi) is 5.75. The van der Waals surface area contributed by atoms with Crippen LogP contribution in [0.1, 0.15) is 20.7 Å². The number of amides is 2. The molecule has 7 aromatic rings. The summed E-state index contributed by atoms with van der Waals surface area (Å²) in [6.45, 7) is 7.28. The minimum atomic E-state index is -0.343. The molecule has 0 atom stereocenters. The molecule has 2 heterocycles. The molecule has 5 heteroatoms. The van der Waals surface area contributed by atoms with Gasteiger partial charge in [-0.25, -0.2) is 9.74 Å². The molecule has 5 nitrogen and oxygen atoms in total. The standard InChI is InChI=1S/C39H23N3O2/c1-40-29-19-14-27(15-20-29)28-18-23-32-31-10-5-6-12-34(31)42(36(32)24-28)35-13-7-11-33-37(35)39(44)41(38(33)43)30-21-16-26(17-22-30)25-8-3-2-4-9-25/h2-24H. The smallest absolute Gasteiger partial charge is 0.268 e. The van der Waals surface area contributed by atoms with E-state index in [1.807, 2.05) is 109 Å². The first kappa shape index (κ1) is 25.5. The molecule has 0 saturated heterocycles. The predicted molar refractivity (Wildman–Crippen MR) is 175 cm³/mol. The first-order valence-electron chi connectivity index (χ1n) is 14.3. The highest BCUT2D eigenvalue weighted by Gasteiger charge is 2.39. The second kappa shape index (κ2) is 9.94. The summed E-state index contributed by atoms with van der Waals surface area (Å²) in [6, 6.07) is 45.0. The Morgan fingerprint density at radius 2 is 1.16 bits per heavy atom. The van der Waals surface area contributed by atoms with Crippen LogP contribution in [0.4, 0.5) is 11.4 Å². The maximum absolute atomic E-state index is 14.2. The van der Waals surface area contributed by atoms with E-state index in [-0.39, 0.29) is 11.8 Å². The molecule has 0 fully saturated rings. The zero-order valence-corrected chi connectivity index (χ0v) is 23.4. The maximum atomic E-state index is 14.2. The topological polar surface area (TPSA) is 46.7 Å². The molecule has 6 aromatic carbocycles. The lowest BCUT2D eigenvalue weighted by Crippen LogP contribution is -2.29. The van der Waals surface area contributed by atoms with E-state index in [1.165, 1.54) is 4.90 Å². The van der Waals surface area contributed by atoms with Gasteiger partial charge in [0.1, 0.15) is 0 Å². The average molecular weight is 566 g/mol. The van der Waals surface area contributed by atoms with Gasteiger partial charge in [0.25, 0.3) is 11.8 Å². The summed E-state index contributed by atoms with van der Waals surface area (Å²) in [5, 5.41) is 2.10. The minimum absolute atomic E-state index is 0.333. The van der Waals surface area contributed by atoms with Gasteiger partial charge >= 0.3 is 0 Å². The number of imide groups is 1. The van der Waals surface area contributed by atoms with Gasteiger partial charge < -0.3 is 4.57 Å². The van der Waals surface area contributed by atoms with E-state index in [4.69, 9.17) is 6.57 Å². The van der Waals surface area contributed by atoms with E-state index >= 15 is 0 Å². The van der Waals surface area contributed by atoms with Crippen molar-refractivity contribution in [2.45, 2.75) is 0 Å². The van der Waals surface area contributed by atoms with Crippen molar-refractivity contribution >= 4 is 45.0 Å². The fraction of sp³-hybridized carbons (Fsp3) is 0. The summed E-state index contributed by atoms with van der Waals surface area (Å²) in [6.07, 6.45) is 0. The van der Waals surface area contributed by atoms with Crippen molar-refractivity contribution in [1.82, 2.24) is 4.57 Å². The molecule has 1 aliphatic rings. The van der Waals surface area contributed by atoms with E-state index in [0.29, 0.717) is 28.2 Å². The molecule has 0 saturated carbocycles. The number of nitrogens with zero attached hydrogens (tertiary/aromatic N) is 3. The van der Waals surface area contributed by atoms with Gasteiger partial charge in [0.05, 0.1) is 40.1 Å². The quantitative estimate of drug-likeness (QED) is 0.158. The van der Waals surface area contributed by atoms with Gasteiger partial charge in [-0.3, -0.25) is 9.59 Å². The van der Waals surface area contributed by atoms with Crippen molar-refractivity contribution in [2.75, 3.05) is 4.90 Å². The van der Waals surface area contributed by atoms with Gasteiger partial charge in [0, 0.05) is 10.8 Å². The Bertz CT molecular complexity index is 2310. The number of para-hydroxylation sites is 1. The molecular formula is C39H23N3O2. The first-order chi connectivity index (χ1) is 21.6. The summed E-state index contributed by atoms with van der Waals surface area (Å²) in [7, 11) is 0. The normalized spacial score (nSPS) is 12.6. The second-order valence-corrected chi connectivity index (χ2v) is 10.8. The zero-order chi connectivity index (χ0) is 29.8. The largest absolute Gasteiger partial charge is 0.308 e.